The van der Waals surface area contributed by atoms with Gasteiger partial charge in [-0.1, -0.05) is 27.4 Å². The van der Waals surface area contributed by atoms with Crippen molar-refractivity contribution in [1.29, 1.82) is 0 Å². The molecular formula is C27H41F2N5O. The summed E-state index contributed by atoms with van der Waals surface area (Å²) < 4.78 is 27.3. The van der Waals surface area contributed by atoms with Gasteiger partial charge in [0.15, 0.2) is 17.4 Å². The second kappa shape index (κ2) is 13.0. The topological polar surface area (TPSA) is 63.7 Å². The van der Waals surface area contributed by atoms with Gasteiger partial charge in [0.25, 0.3) is 0 Å². The number of rotatable bonds is 10. The van der Waals surface area contributed by atoms with Crippen LogP contribution in [0.2, 0.25) is 0 Å². The molecule has 2 aliphatic rings. The standard InChI is InChI=1S/C27H41F2N5O/c1-5-20(14-25(29)24(28)7-3)16-31-19(4)21-15-26(35)27(32-17-21)33-12-13-34(22(6-2)18-33)23-8-10-30-11-9-23/h14-15,17,22-23,30-31,35H,4-13,16,18H2,1-3H3/b20-14+,25-24-. The van der Waals surface area contributed by atoms with E-state index in [0.717, 1.165) is 44.7 Å². The largest absolute Gasteiger partial charge is 0.504 e. The lowest BCUT2D eigenvalue weighted by atomic mass is 9.99. The highest BCUT2D eigenvalue weighted by Crippen LogP contribution is 2.31. The first-order valence-electron chi connectivity index (χ1n) is 12.9. The van der Waals surface area contributed by atoms with Crippen LogP contribution in [0.3, 0.4) is 0 Å². The Labute approximate surface area is 208 Å². The first-order chi connectivity index (χ1) is 16.9. The van der Waals surface area contributed by atoms with Crippen molar-refractivity contribution < 1.29 is 13.9 Å². The summed E-state index contributed by atoms with van der Waals surface area (Å²) in [4.78, 5) is 9.40. The average Bonchev–Trinajstić information content (AvgIpc) is 2.90. The zero-order chi connectivity index (χ0) is 25.4. The van der Waals surface area contributed by atoms with Crippen LogP contribution in [0.25, 0.3) is 5.70 Å². The molecule has 1 atom stereocenters. The normalized spacial score (nSPS) is 21.1. The molecule has 6 nitrogen and oxygen atoms in total. The van der Waals surface area contributed by atoms with Gasteiger partial charge in [-0.2, -0.15) is 0 Å². The Morgan fingerprint density at radius 2 is 1.97 bits per heavy atom. The minimum atomic E-state index is -0.828. The predicted molar refractivity (Wildman–Crippen MR) is 140 cm³/mol. The smallest absolute Gasteiger partial charge is 0.171 e. The highest BCUT2D eigenvalue weighted by molar-refractivity contribution is 5.66. The molecule has 8 heteroatoms. The van der Waals surface area contributed by atoms with E-state index in [4.69, 9.17) is 0 Å². The predicted octanol–water partition coefficient (Wildman–Crippen LogP) is 4.90. The summed E-state index contributed by atoms with van der Waals surface area (Å²) in [5.41, 5.74) is 1.96. The molecule has 3 rings (SSSR count). The van der Waals surface area contributed by atoms with Crippen LogP contribution in [-0.4, -0.2) is 66.3 Å². The van der Waals surface area contributed by atoms with E-state index in [9.17, 15) is 13.9 Å². The molecule has 2 aliphatic heterocycles. The number of piperidine rings is 1. The number of piperazine rings is 1. The number of halogens is 2. The fourth-order valence-corrected chi connectivity index (χ4v) is 4.93. The minimum absolute atomic E-state index is 0.0306. The van der Waals surface area contributed by atoms with Gasteiger partial charge in [-0.25, -0.2) is 13.8 Å². The van der Waals surface area contributed by atoms with E-state index in [1.54, 1.807) is 19.2 Å². The first-order valence-corrected chi connectivity index (χ1v) is 12.9. The summed E-state index contributed by atoms with van der Waals surface area (Å²) in [6.07, 6.45) is 7.00. The molecule has 2 fully saturated rings. The SMILES string of the molecule is C=C(NC/C(=C/C(F)=C(/F)CC)CC)c1cnc(N2CCN(C3CCNCC3)C(CC)C2)c(O)c1. The van der Waals surface area contributed by atoms with E-state index in [1.165, 1.54) is 18.9 Å². The van der Waals surface area contributed by atoms with Gasteiger partial charge in [-0.05, 0) is 62.9 Å². The van der Waals surface area contributed by atoms with E-state index in [2.05, 4.69) is 38.9 Å². The lowest BCUT2D eigenvalue weighted by Gasteiger charge is -2.46. The number of aromatic hydroxyl groups is 1. The molecule has 0 bridgehead atoms. The van der Waals surface area contributed by atoms with E-state index < -0.39 is 11.7 Å². The second-order valence-corrected chi connectivity index (χ2v) is 9.39. The highest BCUT2D eigenvalue weighted by atomic mass is 19.2. The fourth-order valence-electron chi connectivity index (χ4n) is 4.93. The van der Waals surface area contributed by atoms with Gasteiger partial charge in [0.2, 0.25) is 0 Å². The Bertz CT molecular complexity index is 926. The Morgan fingerprint density at radius 3 is 2.60 bits per heavy atom. The molecule has 0 amide bonds. The zero-order valence-corrected chi connectivity index (χ0v) is 21.4. The molecule has 3 N–H and O–H groups in total. The van der Waals surface area contributed by atoms with Crippen LogP contribution in [0.4, 0.5) is 14.6 Å². The van der Waals surface area contributed by atoms with Crippen molar-refractivity contribution in [3.63, 3.8) is 0 Å². The highest BCUT2D eigenvalue weighted by Gasteiger charge is 2.32. The van der Waals surface area contributed by atoms with Crippen LogP contribution >= 0.6 is 0 Å². The molecule has 3 heterocycles. The molecule has 0 saturated carbocycles. The van der Waals surface area contributed by atoms with E-state index in [1.807, 2.05) is 6.92 Å². The van der Waals surface area contributed by atoms with Crippen LogP contribution in [-0.2, 0) is 0 Å². The third-order valence-electron chi connectivity index (χ3n) is 7.16. The van der Waals surface area contributed by atoms with Crippen LogP contribution in [0.15, 0.2) is 42.1 Å². The lowest BCUT2D eigenvalue weighted by molar-refractivity contribution is 0.0934. The van der Waals surface area contributed by atoms with Crippen molar-refractivity contribution in [2.45, 2.75) is 65.0 Å². The van der Waals surface area contributed by atoms with Gasteiger partial charge in [-0.15, -0.1) is 0 Å². The second-order valence-electron chi connectivity index (χ2n) is 9.39. The summed E-state index contributed by atoms with van der Waals surface area (Å²) in [6.45, 7) is 14.9. The number of nitrogens with one attached hydrogen (secondary N) is 2. The van der Waals surface area contributed by atoms with Crippen molar-refractivity contribution in [2.75, 3.05) is 44.2 Å². The number of hydrogen-bond acceptors (Lipinski definition) is 6. The van der Waals surface area contributed by atoms with Gasteiger partial charge in [-0.3, -0.25) is 4.90 Å². The van der Waals surface area contributed by atoms with Crippen LogP contribution in [0.1, 0.15) is 58.4 Å². The molecule has 194 valence electrons. The lowest BCUT2D eigenvalue weighted by Crippen LogP contribution is -2.58. The van der Waals surface area contributed by atoms with Crippen LogP contribution in [0, 0.1) is 0 Å². The molecular weight excluding hydrogens is 448 g/mol. The summed E-state index contributed by atoms with van der Waals surface area (Å²) >= 11 is 0. The van der Waals surface area contributed by atoms with Gasteiger partial charge >= 0.3 is 0 Å². The van der Waals surface area contributed by atoms with Gasteiger partial charge < -0.3 is 20.6 Å². The summed E-state index contributed by atoms with van der Waals surface area (Å²) in [5.74, 6) is -0.852. The van der Waals surface area contributed by atoms with Crippen molar-refractivity contribution in [3.05, 3.63) is 47.7 Å². The fraction of sp³-hybridized carbons (Fsp3) is 0.593. The van der Waals surface area contributed by atoms with Crippen molar-refractivity contribution in [3.8, 4) is 5.75 Å². The molecule has 1 aromatic heterocycles. The third kappa shape index (κ3) is 7.04. The minimum Gasteiger partial charge on any atom is -0.504 e. The van der Waals surface area contributed by atoms with E-state index >= 15 is 0 Å². The Kier molecular flexibility index (Phi) is 10.1. The number of pyridine rings is 1. The maximum Gasteiger partial charge on any atom is 0.171 e. The molecule has 1 unspecified atom stereocenters. The third-order valence-corrected chi connectivity index (χ3v) is 7.16. The molecule has 0 aromatic carbocycles. The number of anilines is 1. The Morgan fingerprint density at radius 1 is 1.23 bits per heavy atom. The summed E-state index contributed by atoms with van der Waals surface area (Å²) in [7, 11) is 0. The van der Waals surface area contributed by atoms with Crippen molar-refractivity contribution >= 4 is 11.5 Å². The number of allylic oxidation sites excluding steroid dienone is 3. The monoisotopic (exact) mass is 489 g/mol. The van der Waals surface area contributed by atoms with Crippen molar-refractivity contribution in [2.24, 2.45) is 0 Å². The maximum atomic E-state index is 13.9. The van der Waals surface area contributed by atoms with Crippen LogP contribution in [0.5, 0.6) is 5.75 Å². The molecule has 0 spiro atoms. The summed E-state index contributed by atoms with van der Waals surface area (Å²) in [5, 5.41) is 17.4. The molecule has 0 radical (unpaired) electrons. The Hall–Kier alpha value is -2.45. The van der Waals surface area contributed by atoms with Crippen LogP contribution < -0.4 is 15.5 Å². The van der Waals surface area contributed by atoms with Gasteiger partial charge in [0.1, 0.15) is 5.83 Å². The average molecular weight is 490 g/mol. The number of hydrogen-bond donors (Lipinski definition) is 3. The van der Waals surface area contributed by atoms with E-state index in [-0.39, 0.29) is 12.2 Å². The first kappa shape index (κ1) is 27.1. The number of aromatic nitrogens is 1. The van der Waals surface area contributed by atoms with Gasteiger partial charge in [0, 0.05) is 55.7 Å². The number of nitrogens with zero attached hydrogens (tertiary/aromatic N) is 3. The molecule has 0 aliphatic carbocycles. The zero-order valence-electron chi connectivity index (χ0n) is 21.4. The maximum absolute atomic E-state index is 13.9. The Balaban J connectivity index is 1.63. The summed E-state index contributed by atoms with van der Waals surface area (Å²) in [6, 6.07) is 2.74. The molecule has 1 aromatic rings. The molecule has 35 heavy (non-hydrogen) atoms. The van der Waals surface area contributed by atoms with E-state index in [0.29, 0.717) is 42.1 Å². The quantitative estimate of drug-likeness (QED) is 0.407. The van der Waals surface area contributed by atoms with Crippen molar-refractivity contribution in [1.82, 2.24) is 20.5 Å². The van der Waals surface area contributed by atoms with Gasteiger partial charge in [0.05, 0.1) is 0 Å². The molecule has 2 saturated heterocycles.